The highest BCUT2D eigenvalue weighted by Crippen LogP contribution is 2.31. The average molecular weight is 300 g/mol. The third-order valence-corrected chi connectivity index (χ3v) is 3.97. The molecule has 0 atom stereocenters. The van der Waals surface area contributed by atoms with Crippen molar-refractivity contribution in [2.45, 2.75) is 25.7 Å². The van der Waals surface area contributed by atoms with Crippen LogP contribution < -0.4 is 5.73 Å². The van der Waals surface area contributed by atoms with E-state index < -0.39 is 5.82 Å². The third kappa shape index (κ3) is 2.09. The van der Waals surface area contributed by atoms with Crippen molar-refractivity contribution in [1.29, 1.82) is 0 Å². The van der Waals surface area contributed by atoms with Gasteiger partial charge in [-0.1, -0.05) is 23.2 Å². The number of fused-ring (bicyclic) bond motifs is 1. The molecule has 0 aliphatic heterocycles. The van der Waals surface area contributed by atoms with Crippen molar-refractivity contribution in [2.75, 3.05) is 5.73 Å². The summed E-state index contributed by atoms with van der Waals surface area (Å²) in [6, 6.07) is 3.04. The van der Waals surface area contributed by atoms with E-state index in [0.29, 0.717) is 11.5 Å². The zero-order valence-corrected chi connectivity index (χ0v) is 11.6. The van der Waals surface area contributed by atoms with Gasteiger partial charge in [-0.05, 0) is 37.8 Å². The van der Waals surface area contributed by atoms with Gasteiger partial charge >= 0.3 is 0 Å². The van der Waals surface area contributed by atoms with Crippen LogP contribution in [0.25, 0.3) is 5.69 Å². The van der Waals surface area contributed by atoms with Crippen LogP contribution in [-0.4, -0.2) is 9.78 Å². The molecule has 0 spiro atoms. The molecule has 0 bridgehead atoms. The number of hydrogen-bond acceptors (Lipinski definition) is 2. The number of anilines is 1. The van der Waals surface area contributed by atoms with Gasteiger partial charge in [-0.3, -0.25) is 0 Å². The molecule has 1 aromatic carbocycles. The first-order valence-corrected chi connectivity index (χ1v) is 6.84. The maximum Gasteiger partial charge on any atom is 0.160 e. The van der Waals surface area contributed by atoms with Gasteiger partial charge in [0.05, 0.1) is 15.7 Å². The van der Waals surface area contributed by atoms with Crippen LogP contribution in [0.15, 0.2) is 12.1 Å². The lowest BCUT2D eigenvalue weighted by molar-refractivity contribution is 0.626. The summed E-state index contributed by atoms with van der Waals surface area (Å²) in [5.74, 6) is -0.0765. The highest BCUT2D eigenvalue weighted by molar-refractivity contribution is 6.35. The normalized spacial score (nSPS) is 14.5. The van der Waals surface area contributed by atoms with Gasteiger partial charge in [0.2, 0.25) is 0 Å². The largest absolute Gasteiger partial charge is 0.382 e. The maximum atomic E-state index is 13.5. The summed E-state index contributed by atoms with van der Waals surface area (Å²) < 4.78 is 15.2. The van der Waals surface area contributed by atoms with E-state index in [0.717, 1.165) is 36.9 Å². The van der Waals surface area contributed by atoms with Gasteiger partial charge in [-0.15, -0.1) is 0 Å². The van der Waals surface area contributed by atoms with Gasteiger partial charge in [-0.2, -0.15) is 5.10 Å². The molecule has 0 saturated carbocycles. The molecule has 0 amide bonds. The van der Waals surface area contributed by atoms with E-state index in [1.165, 1.54) is 12.1 Å². The van der Waals surface area contributed by atoms with Crippen LogP contribution >= 0.6 is 23.2 Å². The van der Waals surface area contributed by atoms with Gasteiger partial charge in [0.15, 0.2) is 5.82 Å². The standard InChI is InChI=1S/C13H12Cl2FN3/c14-9-5-7(6-10(15)12(9)16)19-11-4-2-1-3-8(11)13(17)18-19/h5-6H,1-4H2,(H2,17,18). The number of hydrogen-bond donors (Lipinski definition) is 1. The molecule has 6 heteroatoms. The van der Waals surface area contributed by atoms with Crippen molar-refractivity contribution < 1.29 is 4.39 Å². The van der Waals surface area contributed by atoms with E-state index in [4.69, 9.17) is 28.9 Å². The Morgan fingerprint density at radius 3 is 2.47 bits per heavy atom. The smallest absolute Gasteiger partial charge is 0.160 e. The topological polar surface area (TPSA) is 43.8 Å². The molecule has 1 heterocycles. The minimum Gasteiger partial charge on any atom is -0.382 e. The van der Waals surface area contributed by atoms with Gasteiger partial charge in [-0.25, -0.2) is 9.07 Å². The minimum absolute atomic E-state index is 0.0128. The maximum absolute atomic E-state index is 13.5. The van der Waals surface area contributed by atoms with Crippen LogP contribution in [0, 0.1) is 5.82 Å². The van der Waals surface area contributed by atoms with Crippen molar-refractivity contribution in [1.82, 2.24) is 9.78 Å². The fourth-order valence-electron chi connectivity index (χ4n) is 2.51. The zero-order valence-electron chi connectivity index (χ0n) is 10.1. The van der Waals surface area contributed by atoms with Crippen molar-refractivity contribution in [2.24, 2.45) is 0 Å². The summed E-state index contributed by atoms with van der Waals surface area (Å²) in [6.45, 7) is 0. The Morgan fingerprint density at radius 2 is 1.79 bits per heavy atom. The van der Waals surface area contributed by atoms with Crippen molar-refractivity contribution in [3.8, 4) is 5.69 Å². The summed E-state index contributed by atoms with van der Waals surface area (Å²) in [5.41, 5.74) is 8.74. The van der Waals surface area contributed by atoms with Crippen LogP contribution in [0.3, 0.4) is 0 Å². The second kappa shape index (κ2) is 4.69. The molecule has 1 aliphatic carbocycles. The summed E-state index contributed by atoms with van der Waals surface area (Å²) in [7, 11) is 0. The number of benzene rings is 1. The molecule has 0 unspecified atom stereocenters. The first kappa shape index (κ1) is 12.8. The molecule has 2 aromatic rings. The second-order valence-corrected chi connectivity index (χ2v) is 5.47. The monoisotopic (exact) mass is 299 g/mol. The van der Waals surface area contributed by atoms with Gasteiger partial charge in [0.1, 0.15) is 5.82 Å². The molecule has 0 saturated heterocycles. The molecule has 3 rings (SSSR count). The summed E-state index contributed by atoms with van der Waals surface area (Å²) in [6.07, 6.45) is 4.06. The molecule has 19 heavy (non-hydrogen) atoms. The Hall–Kier alpha value is -1.26. The molecular weight excluding hydrogens is 288 g/mol. The van der Waals surface area contributed by atoms with E-state index in [-0.39, 0.29) is 10.0 Å². The molecule has 1 aliphatic rings. The Bertz CT molecular complexity index is 629. The second-order valence-electron chi connectivity index (χ2n) is 4.65. The summed E-state index contributed by atoms with van der Waals surface area (Å²) >= 11 is 11.7. The first-order chi connectivity index (χ1) is 9.08. The van der Waals surface area contributed by atoms with Crippen LogP contribution in [0.4, 0.5) is 10.2 Å². The van der Waals surface area contributed by atoms with E-state index in [1.807, 2.05) is 0 Å². The van der Waals surface area contributed by atoms with Crippen molar-refractivity contribution >= 4 is 29.0 Å². The first-order valence-electron chi connectivity index (χ1n) is 6.09. The highest BCUT2D eigenvalue weighted by atomic mass is 35.5. The molecule has 0 radical (unpaired) electrons. The van der Waals surface area contributed by atoms with Crippen LogP contribution in [0.2, 0.25) is 10.0 Å². The lowest BCUT2D eigenvalue weighted by atomic mass is 9.97. The molecule has 1 aromatic heterocycles. The van der Waals surface area contributed by atoms with Crippen LogP contribution in [-0.2, 0) is 12.8 Å². The predicted molar refractivity (Wildman–Crippen MR) is 74.6 cm³/mol. The number of nitrogens with two attached hydrogens (primary N) is 1. The SMILES string of the molecule is Nc1nn(-c2cc(Cl)c(F)c(Cl)c2)c2c1CCCC2. The third-order valence-electron chi connectivity index (χ3n) is 3.42. The van der Waals surface area contributed by atoms with E-state index in [2.05, 4.69) is 5.10 Å². The Morgan fingerprint density at radius 1 is 1.16 bits per heavy atom. The Labute approximate surface area is 120 Å². The Kier molecular flexibility index (Phi) is 3.15. The number of nitrogen functional groups attached to an aromatic ring is 1. The predicted octanol–water partition coefficient (Wildman–Crippen LogP) is 3.78. The van der Waals surface area contributed by atoms with Crippen LogP contribution in [0.1, 0.15) is 24.1 Å². The molecule has 0 fully saturated rings. The van der Waals surface area contributed by atoms with E-state index in [9.17, 15) is 4.39 Å². The van der Waals surface area contributed by atoms with Crippen LogP contribution in [0.5, 0.6) is 0 Å². The fraction of sp³-hybridized carbons (Fsp3) is 0.308. The lowest BCUT2D eigenvalue weighted by Gasteiger charge is -2.14. The lowest BCUT2D eigenvalue weighted by Crippen LogP contribution is -2.08. The number of halogens is 3. The zero-order chi connectivity index (χ0) is 13.6. The molecule has 3 nitrogen and oxygen atoms in total. The summed E-state index contributed by atoms with van der Waals surface area (Å²) in [4.78, 5) is 0. The quantitative estimate of drug-likeness (QED) is 0.815. The molecule has 100 valence electrons. The van der Waals surface area contributed by atoms with Gasteiger partial charge in [0.25, 0.3) is 0 Å². The highest BCUT2D eigenvalue weighted by Gasteiger charge is 2.21. The average Bonchev–Trinajstić information content (AvgIpc) is 2.74. The van der Waals surface area contributed by atoms with Crippen molar-refractivity contribution in [3.05, 3.63) is 39.3 Å². The summed E-state index contributed by atoms with van der Waals surface area (Å²) in [5, 5.41) is 4.30. The minimum atomic E-state index is -0.610. The van der Waals surface area contributed by atoms with E-state index in [1.54, 1.807) is 4.68 Å². The van der Waals surface area contributed by atoms with Gasteiger partial charge < -0.3 is 5.73 Å². The number of aromatic nitrogens is 2. The molecule has 2 N–H and O–H groups in total. The van der Waals surface area contributed by atoms with Crippen molar-refractivity contribution in [3.63, 3.8) is 0 Å². The Balaban J connectivity index is 2.17. The van der Waals surface area contributed by atoms with Gasteiger partial charge in [0, 0.05) is 11.3 Å². The molecular formula is C13H12Cl2FN3. The number of nitrogens with zero attached hydrogens (tertiary/aromatic N) is 2. The van der Waals surface area contributed by atoms with E-state index >= 15 is 0 Å². The number of rotatable bonds is 1. The fourth-order valence-corrected chi connectivity index (χ4v) is 2.98.